The molecule has 0 amide bonds. The van der Waals surface area contributed by atoms with E-state index in [2.05, 4.69) is 76.4 Å². The highest BCUT2D eigenvalue weighted by Gasteiger charge is 2.16. The number of pyridine rings is 1. The normalized spacial score (nSPS) is 16.1. The zero-order chi connectivity index (χ0) is 18.2. The molecule has 0 spiro atoms. The summed E-state index contributed by atoms with van der Waals surface area (Å²) in [5, 5.41) is 3.51. The molecule has 1 aromatic carbocycles. The summed E-state index contributed by atoms with van der Waals surface area (Å²) in [7, 11) is 0. The van der Waals surface area contributed by atoms with Crippen LogP contribution in [-0.4, -0.2) is 49.2 Å². The molecular formula is C22H30N4. The van der Waals surface area contributed by atoms with Crippen LogP contribution >= 0.6 is 0 Å². The van der Waals surface area contributed by atoms with E-state index in [1.807, 2.05) is 12.3 Å². The van der Waals surface area contributed by atoms with E-state index in [1.54, 1.807) is 0 Å². The first kappa shape index (κ1) is 18.6. The maximum absolute atomic E-state index is 4.67. The molecule has 1 fully saturated rings. The predicted molar refractivity (Wildman–Crippen MR) is 110 cm³/mol. The highest BCUT2D eigenvalue weighted by atomic mass is 15.3. The molecule has 4 nitrogen and oxygen atoms in total. The fourth-order valence-corrected chi connectivity index (χ4v) is 3.29. The molecule has 0 aliphatic carbocycles. The average Bonchev–Trinajstić information content (AvgIpc) is 2.69. The van der Waals surface area contributed by atoms with Crippen molar-refractivity contribution in [3.8, 4) is 0 Å². The number of rotatable bonds is 7. The number of hydrogen-bond acceptors (Lipinski definition) is 4. The van der Waals surface area contributed by atoms with Crippen molar-refractivity contribution in [1.29, 1.82) is 0 Å². The van der Waals surface area contributed by atoms with E-state index in [9.17, 15) is 0 Å². The van der Waals surface area contributed by atoms with E-state index in [0.717, 1.165) is 51.6 Å². The second-order valence-corrected chi connectivity index (χ2v) is 6.95. The van der Waals surface area contributed by atoms with Gasteiger partial charge in [0.2, 0.25) is 0 Å². The molecule has 0 saturated carbocycles. The Morgan fingerprint density at radius 1 is 1.08 bits per heavy atom. The minimum Gasteiger partial charge on any atom is -0.354 e. The second kappa shape index (κ2) is 9.51. The van der Waals surface area contributed by atoms with Gasteiger partial charge in [0, 0.05) is 45.5 Å². The SMILES string of the molecule is CCN1CCN(c2ccc(CNC/C(C)=C/c3ccccc3)cn2)CC1. The third-order valence-corrected chi connectivity index (χ3v) is 4.90. The number of aromatic nitrogens is 1. The van der Waals surface area contributed by atoms with Crippen molar-refractivity contribution in [2.24, 2.45) is 0 Å². The van der Waals surface area contributed by atoms with Gasteiger partial charge in [-0.1, -0.05) is 55.0 Å². The van der Waals surface area contributed by atoms with Crippen molar-refractivity contribution in [2.75, 3.05) is 44.2 Å². The first-order chi connectivity index (χ1) is 12.7. The number of piperazine rings is 1. The van der Waals surface area contributed by atoms with Gasteiger partial charge in [-0.2, -0.15) is 0 Å². The van der Waals surface area contributed by atoms with Crippen molar-refractivity contribution in [2.45, 2.75) is 20.4 Å². The summed E-state index contributed by atoms with van der Waals surface area (Å²) in [5.74, 6) is 1.10. The van der Waals surface area contributed by atoms with E-state index in [4.69, 9.17) is 0 Å². The third kappa shape index (κ3) is 5.41. The molecule has 1 N–H and O–H groups in total. The van der Waals surface area contributed by atoms with Crippen LogP contribution in [0.25, 0.3) is 6.08 Å². The fourth-order valence-electron chi connectivity index (χ4n) is 3.29. The third-order valence-electron chi connectivity index (χ3n) is 4.90. The lowest BCUT2D eigenvalue weighted by atomic mass is 10.1. The maximum atomic E-state index is 4.67. The van der Waals surface area contributed by atoms with Crippen LogP contribution in [0.3, 0.4) is 0 Å². The Morgan fingerprint density at radius 3 is 2.50 bits per heavy atom. The van der Waals surface area contributed by atoms with Crippen LogP contribution in [0.2, 0.25) is 0 Å². The molecule has 2 aromatic rings. The van der Waals surface area contributed by atoms with Crippen molar-refractivity contribution < 1.29 is 0 Å². The van der Waals surface area contributed by atoms with Crippen LogP contribution in [0.5, 0.6) is 0 Å². The van der Waals surface area contributed by atoms with Crippen LogP contribution in [0, 0.1) is 0 Å². The molecule has 0 bridgehead atoms. The van der Waals surface area contributed by atoms with Crippen molar-refractivity contribution >= 4 is 11.9 Å². The van der Waals surface area contributed by atoms with Gasteiger partial charge in [0.05, 0.1) is 0 Å². The summed E-state index contributed by atoms with van der Waals surface area (Å²) >= 11 is 0. The highest BCUT2D eigenvalue weighted by Crippen LogP contribution is 2.14. The molecule has 1 saturated heterocycles. The average molecular weight is 351 g/mol. The quantitative estimate of drug-likeness (QED) is 0.829. The van der Waals surface area contributed by atoms with Gasteiger partial charge in [0.15, 0.2) is 0 Å². The number of hydrogen-bond donors (Lipinski definition) is 1. The van der Waals surface area contributed by atoms with Crippen LogP contribution in [0.4, 0.5) is 5.82 Å². The van der Waals surface area contributed by atoms with Crippen LogP contribution < -0.4 is 10.2 Å². The molecule has 3 rings (SSSR count). The van der Waals surface area contributed by atoms with Gasteiger partial charge >= 0.3 is 0 Å². The van der Waals surface area contributed by atoms with Crippen LogP contribution in [-0.2, 0) is 6.54 Å². The van der Waals surface area contributed by atoms with Crippen molar-refractivity contribution in [3.63, 3.8) is 0 Å². The number of anilines is 1. The lowest BCUT2D eigenvalue weighted by Gasteiger charge is -2.34. The molecule has 0 radical (unpaired) electrons. The van der Waals surface area contributed by atoms with Gasteiger partial charge in [-0.15, -0.1) is 0 Å². The Hall–Kier alpha value is -2.17. The van der Waals surface area contributed by atoms with E-state index < -0.39 is 0 Å². The number of likely N-dealkylation sites (N-methyl/N-ethyl adjacent to an activating group) is 1. The van der Waals surface area contributed by atoms with Gasteiger partial charge in [-0.05, 0) is 30.7 Å². The first-order valence-corrected chi connectivity index (χ1v) is 9.60. The van der Waals surface area contributed by atoms with Gasteiger partial charge in [-0.3, -0.25) is 0 Å². The molecule has 0 atom stereocenters. The molecule has 26 heavy (non-hydrogen) atoms. The van der Waals surface area contributed by atoms with Crippen molar-refractivity contribution in [3.05, 3.63) is 65.4 Å². The van der Waals surface area contributed by atoms with Gasteiger partial charge in [-0.25, -0.2) is 4.98 Å². The molecule has 138 valence electrons. The fraction of sp³-hybridized carbons (Fsp3) is 0.409. The Morgan fingerprint density at radius 2 is 1.85 bits per heavy atom. The summed E-state index contributed by atoms with van der Waals surface area (Å²) in [6.45, 7) is 11.7. The minimum absolute atomic E-state index is 0.844. The summed E-state index contributed by atoms with van der Waals surface area (Å²) in [6.07, 6.45) is 4.23. The Bertz CT molecular complexity index is 686. The smallest absolute Gasteiger partial charge is 0.128 e. The molecular weight excluding hydrogens is 320 g/mol. The lowest BCUT2D eigenvalue weighted by Crippen LogP contribution is -2.46. The topological polar surface area (TPSA) is 31.4 Å². The summed E-state index contributed by atoms with van der Waals surface area (Å²) in [4.78, 5) is 9.54. The maximum Gasteiger partial charge on any atom is 0.128 e. The van der Waals surface area contributed by atoms with Gasteiger partial charge in [0.1, 0.15) is 5.82 Å². The molecule has 1 aliphatic heterocycles. The van der Waals surface area contributed by atoms with Crippen LogP contribution in [0.1, 0.15) is 25.0 Å². The molecule has 2 heterocycles. The van der Waals surface area contributed by atoms with E-state index in [-0.39, 0.29) is 0 Å². The lowest BCUT2D eigenvalue weighted by molar-refractivity contribution is 0.270. The van der Waals surface area contributed by atoms with Crippen molar-refractivity contribution in [1.82, 2.24) is 15.2 Å². The predicted octanol–water partition coefficient (Wildman–Crippen LogP) is 3.42. The zero-order valence-electron chi connectivity index (χ0n) is 16.0. The summed E-state index contributed by atoms with van der Waals surface area (Å²) in [5.41, 5.74) is 3.81. The highest BCUT2D eigenvalue weighted by molar-refractivity contribution is 5.52. The zero-order valence-corrected chi connectivity index (χ0v) is 16.0. The molecule has 1 aromatic heterocycles. The molecule has 1 aliphatic rings. The second-order valence-electron chi connectivity index (χ2n) is 6.95. The number of nitrogens with one attached hydrogen (secondary N) is 1. The standard InChI is InChI=1S/C22H30N4/c1-3-25-11-13-26(14-12-25)22-10-9-21(18-24-22)17-23-16-19(2)15-20-7-5-4-6-8-20/h4-10,15,18,23H,3,11-14,16-17H2,1-2H3/b19-15+. The first-order valence-electron chi connectivity index (χ1n) is 9.60. The van der Waals surface area contributed by atoms with Gasteiger partial charge in [0.25, 0.3) is 0 Å². The number of benzene rings is 1. The number of nitrogens with zero attached hydrogens (tertiary/aromatic N) is 3. The largest absolute Gasteiger partial charge is 0.354 e. The summed E-state index contributed by atoms with van der Waals surface area (Å²) in [6, 6.07) is 14.8. The van der Waals surface area contributed by atoms with E-state index in [1.165, 1.54) is 16.7 Å². The Balaban J connectivity index is 1.45. The van der Waals surface area contributed by atoms with E-state index >= 15 is 0 Å². The van der Waals surface area contributed by atoms with Crippen LogP contribution in [0.15, 0.2) is 54.2 Å². The van der Waals surface area contributed by atoms with E-state index in [0.29, 0.717) is 0 Å². The monoisotopic (exact) mass is 350 g/mol. The van der Waals surface area contributed by atoms with Gasteiger partial charge < -0.3 is 15.1 Å². The minimum atomic E-state index is 0.844. The Labute approximate surface area is 157 Å². The summed E-state index contributed by atoms with van der Waals surface area (Å²) < 4.78 is 0. The Kier molecular flexibility index (Phi) is 6.81. The molecule has 0 unspecified atom stereocenters. The molecule has 4 heteroatoms.